The molecule has 3 rings (SSSR count). The SMILES string of the molecule is Cc1c(C(=O)NN=Cc2cccc(O)c2O)oc2ccccc12. The van der Waals surface area contributed by atoms with Gasteiger partial charge in [-0.1, -0.05) is 24.3 Å². The molecule has 0 saturated heterocycles. The van der Waals surface area contributed by atoms with Gasteiger partial charge in [0.25, 0.3) is 0 Å². The lowest BCUT2D eigenvalue weighted by Crippen LogP contribution is -2.17. The molecule has 3 aromatic rings. The number of nitrogens with one attached hydrogen (secondary N) is 1. The maximum absolute atomic E-state index is 12.1. The number of phenols is 2. The zero-order valence-corrected chi connectivity index (χ0v) is 12.3. The van der Waals surface area contributed by atoms with Gasteiger partial charge in [-0.15, -0.1) is 0 Å². The van der Waals surface area contributed by atoms with E-state index in [2.05, 4.69) is 10.5 Å². The predicted molar refractivity (Wildman–Crippen MR) is 85.8 cm³/mol. The molecular weight excluding hydrogens is 296 g/mol. The molecule has 1 heterocycles. The fraction of sp³-hybridized carbons (Fsp3) is 0.0588. The number of nitrogens with zero attached hydrogens (tertiary/aromatic N) is 1. The average molecular weight is 310 g/mol. The molecule has 23 heavy (non-hydrogen) atoms. The molecule has 116 valence electrons. The Morgan fingerprint density at radius 3 is 2.74 bits per heavy atom. The van der Waals surface area contributed by atoms with Gasteiger partial charge in [0.05, 0.1) is 6.21 Å². The van der Waals surface area contributed by atoms with E-state index >= 15 is 0 Å². The highest BCUT2D eigenvalue weighted by atomic mass is 16.3. The molecule has 0 aliphatic carbocycles. The fourth-order valence-corrected chi connectivity index (χ4v) is 2.25. The summed E-state index contributed by atoms with van der Waals surface area (Å²) in [7, 11) is 0. The quantitative estimate of drug-likeness (QED) is 0.394. The lowest BCUT2D eigenvalue weighted by molar-refractivity contribution is 0.0929. The Balaban J connectivity index is 1.80. The molecule has 0 spiro atoms. The van der Waals surface area contributed by atoms with Crippen LogP contribution in [0.4, 0.5) is 0 Å². The van der Waals surface area contributed by atoms with Crippen LogP contribution in [0.15, 0.2) is 52.0 Å². The summed E-state index contributed by atoms with van der Waals surface area (Å²) >= 11 is 0. The van der Waals surface area contributed by atoms with E-state index in [1.54, 1.807) is 25.1 Å². The molecule has 0 saturated carbocycles. The summed E-state index contributed by atoms with van der Waals surface area (Å²) in [4.78, 5) is 12.1. The van der Waals surface area contributed by atoms with Crippen LogP contribution in [0.3, 0.4) is 0 Å². The highest BCUT2D eigenvalue weighted by Crippen LogP contribution is 2.27. The van der Waals surface area contributed by atoms with Gasteiger partial charge in [0.1, 0.15) is 5.58 Å². The summed E-state index contributed by atoms with van der Waals surface area (Å²) in [6.07, 6.45) is 1.24. The van der Waals surface area contributed by atoms with Crippen LogP contribution in [0.5, 0.6) is 11.5 Å². The van der Waals surface area contributed by atoms with Crippen LogP contribution in [-0.2, 0) is 0 Å². The highest BCUT2D eigenvalue weighted by Gasteiger charge is 2.16. The van der Waals surface area contributed by atoms with Crippen LogP contribution >= 0.6 is 0 Å². The van der Waals surface area contributed by atoms with E-state index in [-0.39, 0.29) is 22.8 Å². The Kier molecular flexibility index (Phi) is 3.72. The Bertz CT molecular complexity index is 912. The summed E-state index contributed by atoms with van der Waals surface area (Å²) in [6, 6.07) is 11.8. The van der Waals surface area contributed by atoms with Crippen LogP contribution in [0.1, 0.15) is 21.7 Å². The predicted octanol–water partition coefficient (Wildman–Crippen LogP) is 2.92. The topological polar surface area (TPSA) is 95.1 Å². The Labute approximate surface area is 131 Å². The third kappa shape index (κ3) is 2.74. The molecule has 6 heteroatoms. The maximum atomic E-state index is 12.1. The Hall–Kier alpha value is -3.28. The van der Waals surface area contributed by atoms with Crippen molar-refractivity contribution < 1.29 is 19.4 Å². The van der Waals surface area contributed by atoms with Crippen LogP contribution in [0, 0.1) is 6.92 Å². The van der Waals surface area contributed by atoms with E-state index < -0.39 is 5.91 Å². The third-order valence-electron chi connectivity index (χ3n) is 3.47. The molecule has 0 unspecified atom stereocenters. The van der Waals surface area contributed by atoms with Gasteiger partial charge in [0, 0.05) is 16.5 Å². The molecular formula is C17H14N2O4. The molecule has 0 fully saturated rings. The first-order valence-corrected chi connectivity index (χ1v) is 6.90. The molecule has 1 amide bonds. The number of amides is 1. The average Bonchev–Trinajstić information content (AvgIpc) is 2.89. The summed E-state index contributed by atoms with van der Waals surface area (Å²) < 4.78 is 5.53. The molecule has 1 aromatic heterocycles. The standard InChI is InChI=1S/C17H14N2O4/c1-10-12-6-2-3-8-14(12)23-16(10)17(22)19-18-9-11-5-4-7-13(20)15(11)21/h2-9,20-21H,1H3,(H,19,22). The van der Waals surface area contributed by atoms with Gasteiger partial charge in [0.2, 0.25) is 0 Å². The molecule has 0 atom stereocenters. The van der Waals surface area contributed by atoms with E-state index in [1.165, 1.54) is 12.3 Å². The molecule has 3 N–H and O–H groups in total. The smallest absolute Gasteiger partial charge is 0.307 e. The van der Waals surface area contributed by atoms with Crippen LogP contribution < -0.4 is 5.43 Å². The van der Waals surface area contributed by atoms with Crippen molar-refractivity contribution in [3.05, 3.63) is 59.4 Å². The van der Waals surface area contributed by atoms with Gasteiger partial charge in [-0.2, -0.15) is 5.10 Å². The first-order chi connectivity index (χ1) is 11.1. The molecule has 0 bridgehead atoms. The lowest BCUT2D eigenvalue weighted by Gasteiger charge is -2.01. The molecule has 0 radical (unpaired) electrons. The minimum absolute atomic E-state index is 0.184. The lowest BCUT2D eigenvalue weighted by atomic mass is 10.1. The summed E-state index contributed by atoms with van der Waals surface area (Å²) in [5, 5.41) is 23.7. The summed E-state index contributed by atoms with van der Waals surface area (Å²) in [6.45, 7) is 1.80. The number of benzene rings is 2. The second-order valence-corrected chi connectivity index (χ2v) is 4.97. The third-order valence-corrected chi connectivity index (χ3v) is 3.47. The second kappa shape index (κ2) is 5.84. The Morgan fingerprint density at radius 1 is 1.17 bits per heavy atom. The minimum atomic E-state index is -0.491. The molecule has 0 aliphatic rings. The van der Waals surface area contributed by atoms with Gasteiger partial charge >= 0.3 is 5.91 Å². The van der Waals surface area contributed by atoms with Crippen molar-refractivity contribution in [3.63, 3.8) is 0 Å². The normalized spacial score (nSPS) is 11.2. The van der Waals surface area contributed by atoms with Gasteiger partial charge in [-0.3, -0.25) is 4.79 Å². The first-order valence-electron chi connectivity index (χ1n) is 6.90. The van der Waals surface area contributed by atoms with Crippen molar-refractivity contribution >= 4 is 23.1 Å². The van der Waals surface area contributed by atoms with Crippen LogP contribution in [0.2, 0.25) is 0 Å². The van der Waals surface area contributed by atoms with Crippen molar-refractivity contribution in [1.82, 2.24) is 5.43 Å². The van der Waals surface area contributed by atoms with E-state index in [0.29, 0.717) is 5.58 Å². The van der Waals surface area contributed by atoms with Crippen molar-refractivity contribution in [1.29, 1.82) is 0 Å². The molecule has 0 aliphatic heterocycles. The van der Waals surface area contributed by atoms with E-state index in [9.17, 15) is 15.0 Å². The van der Waals surface area contributed by atoms with Crippen molar-refractivity contribution in [2.24, 2.45) is 5.10 Å². The number of hydrazone groups is 1. The highest BCUT2D eigenvalue weighted by molar-refractivity contribution is 5.99. The van der Waals surface area contributed by atoms with Crippen molar-refractivity contribution in [2.45, 2.75) is 6.92 Å². The van der Waals surface area contributed by atoms with Gasteiger partial charge in [-0.25, -0.2) is 5.43 Å². The molecule has 6 nitrogen and oxygen atoms in total. The number of rotatable bonds is 3. The number of carbonyl (C=O) groups excluding carboxylic acids is 1. The number of phenolic OH excluding ortho intramolecular Hbond substituents is 2. The van der Waals surface area contributed by atoms with Crippen molar-refractivity contribution in [3.8, 4) is 11.5 Å². The fourth-order valence-electron chi connectivity index (χ4n) is 2.25. The zero-order valence-electron chi connectivity index (χ0n) is 12.3. The summed E-state index contributed by atoms with van der Waals surface area (Å²) in [5.74, 6) is -0.864. The second-order valence-electron chi connectivity index (χ2n) is 4.97. The molecule has 2 aromatic carbocycles. The largest absolute Gasteiger partial charge is 0.504 e. The van der Waals surface area contributed by atoms with E-state index in [4.69, 9.17) is 4.42 Å². The number of aromatic hydroxyl groups is 2. The zero-order chi connectivity index (χ0) is 16.4. The van der Waals surface area contributed by atoms with Crippen molar-refractivity contribution in [2.75, 3.05) is 0 Å². The number of furan rings is 1. The number of hydrogen-bond acceptors (Lipinski definition) is 5. The minimum Gasteiger partial charge on any atom is -0.504 e. The number of aryl methyl sites for hydroxylation is 1. The van der Waals surface area contributed by atoms with Crippen LogP contribution in [-0.4, -0.2) is 22.3 Å². The van der Waals surface area contributed by atoms with Gasteiger partial charge in [0.15, 0.2) is 17.3 Å². The monoisotopic (exact) mass is 310 g/mol. The van der Waals surface area contributed by atoms with Gasteiger partial charge in [-0.05, 0) is 25.1 Å². The first kappa shape index (κ1) is 14.6. The van der Waals surface area contributed by atoms with Gasteiger partial charge < -0.3 is 14.6 Å². The number of fused-ring (bicyclic) bond motifs is 1. The number of hydrogen-bond donors (Lipinski definition) is 3. The number of carbonyl (C=O) groups is 1. The Morgan fingerprint density at radius 2 is 1.96 bits per heavy atom. The van der Waals surface area contributed by atoms with Crippen LogP contribution in [0.25, 0.3) is 11.0 Å². The summed E-state index contributed by atoms with van der Waals surface area (Å²) in [5.41, 5.74) is 3.98. The van der Waals surface area contributed by atoms with E-state index in [1.807, 2.05) is 18.2 Å². The number of para-hydroxylation sites is 2. The maximum Gasteiger partial charge on any atom is 0.307 e. The van der Waals surface area contributed by atoms with E-state index in [0.717, 1.165) is 10.9 Å².